The number of aliphatic carboxylic acids is 1. The van der Waals surface area contributed by atoms with Crippen LogP contribution >= 0.6 is 0 Å². The van der Waals surface area contributed by atoms with Gasteiger partial charge in [-0.1, -0.05) is 26.0 Å². The van der Waals surface area contributed by atoms with Crippen LogP contribution in [0.3, 0.4) is 0 Å². The number of carbonyl (C=O) groups is 1. The maximum absolute atomic E-state index is 13.3. The molecule has 0 radical (unpaired) electrons. The molecule has 0 saturated heterocycles. The number of hydrogen-bond donors (Lipinski definition) is 1. The lowest BCUT2D eigenvalue weighted by Crippen LogP contribution is -2.23. The summed E-state index contributed by atoms with van der Waals surface area (Å²) in [7, 11) is 0. The number of halogens is 2. The van der Waals surface area contributed by atoms with Crippen molar-refractivity contribution in [2.24, 2.45) is 0 Å². The zero-order valence-corrected chi connectivity index (χ0v) is 9.26. The molecule has 88 valence electrons. The average molecular weight is 228 g/mol. The molecule has 0 aliphatic heterocycles. The molecule has 0 bridgehead atoms. The number of carboxylic acids is 1. The van der Waals surface area contributed by atoms with Crippen LogP contribution in [-0.4, -0.2) is 11.1 Å². The smallest absolute Gasteiger partial charge is 0.304 e. The van der Waals surface area contributed by atoms with Crippen molar-refractivity contribution in [1.29, 1.82) is 0 Å². The Hall–Kier alpha value is -1.45. The molecular weight excluding hydrogens is 214 g/mol. The van der Waals surface area contributed by atoms with Crippen molar-refractivity contribution in [2.75, 3.05) is 0 Å². The van der Waals surface area contributed by atoms with Gasteiger partial charge in [0, 0.05) is 11.0 Å². The van der Waals surface area contributed by atoms with Crippen molar-refractivity contribution >= 4 is 5.97 Å². The zero-order chi connectivity index (χ0) is 12.3. The zero-order valence-electron chi connectivity index (χ0n) is 9.26. The Bertz CT molecular complexity index is 400. The predicted octanol–water partition coefficient (Wildman–Crippen LogP) is 3.05. The molecule has 1 rings (SSSR count). The van der Waals surface area contributed by atoms with Gasteiger partial charge in [0.1, 0.15) is 12.5 Å². The van der Waals surface area contributed by atoms with Crippen LogP contribution in [0.5, 0.6) is 0 Å². The molecule has 0 spiro atoms. The predicted molar refractivity (Wildman–Crippen MR) is 56.5 cm³/mol. The largest absolute Gasteiger partial charge is 0.481 e. The van der Waals surface area contributed by atoms with Gasteiger partial charge >= 0.3 is 5.97 Å². The first-order chi connectivity index (χ1) is 7.38. The van der Waals surface area contributed by atoms with Crippen LogP contribution in [0.2, 0.25) is 0 Å². The lowest BCUT2D eigenvalue weighted by atomic mass is 9.79. The van der Waals surface area contributed by atoms with E-state index in [1.165, 1.54) is 12.1 Å². The Morgan fingerprint density at radius 2 is 2.06 bits per heavy atom. The summed E-state index contributed by atoms with van der Waals surface area (Å²) < 4.78 is 26.1. The fourth-order valence-corrected chi connectivity index (χ4v) is 1.80. The van der Waals surface area contributed by atoms with E-state index in [2.05, 4.69) is 0 Å². The fraction of sp³-hybridized carbons (Fsp3) is 0.417. The first-order valence-corrected chi connectivity index (χ1v) is 4.94. The molecule has 1 aromatic carbocycles. The Morgan fingerprint density at radius 3 is 2.56 bits per heavy atom. The van der Waals surface area contributed by atoms with Crippen LogP contribution in [0, 0.1) is 5.82 Å². The average Bonchev–Trinajstić information content (AvgIpc) is 2.15. The molecule has 2 nitrogen and oxygen atoms in total. The monoisotopic (exact) mass is 228 g/mol. The second kappa shape index (κ2) is 4.60. The third-order valence-corrected chi connectivity index (χ3v) is 2.57. The maximum atomic E-state index is 13.3. The van der Waals surface area contributed by atoms with Gasteiger partial charge in [0.05, 0.1) is 6.42 Å². The van der Waals surface area contributed by atoms with E-state index in [1.54, 1.807) is 19.9 Å². The molecule has 4 heteroatoms. The van der Waals surface area contributed by atoms with Crippen LogP contribution < -0.4 is 0 Å². The van der Waals surface area contributed by atoms with E-state index >= 15 is 0 Å². The van der Waals surface area contributed by atoms with Crippen molar-refractivity contribution in [3.63, 3.8) is 0 Å². The molecule has 0 fully saturated rings. The van der Waals surface area contributed by atoms with Gasteiger partial charge in [-0.25, -0.2) is 8.78 Å². The topological polar surface area (TPSA) is 37.3 Å². The van der Waals surface area contributed by atoms with Gasteiger partial charge < -0.3 is 5.11 Å². The molecule has 0 saturated carbocycles. The van der Waals surface area contributed by atoms with E-state index in [1.807, 2.05) is 0 Å². The van der Waals surface area contributed by atoms with Gasteiger partial charge in [-0.05, 0) is 11.6 Å². The van der Waals surface area contributed by atoms with Gasteiger partial charge in [-0.3, -0.25) is 4.79 Å². The summed E-state index contributed by atoms with van der Waals surface area (Å²) in [6, 6.07) is 4.21. The summed E-state index contributed by atoms with van der Waals surface area (Å²) in [5.74, 6) is -1.61. The second-order valence-electron chi connectivity index (χ2n) is 4.35. The van der Waals surface area contributed by atoms with E-state index in [-0.39, 0.29) is 12.0 Å². The first kappa shape index (κ1) is 12.6. The maximum Gasteiger partial charge on any atom is 0.304 e. The Balaban J connectivity index is 3.21. The van der Waals surface area contributed by atoms with E-state index in [9.17, 15) is 13.6 Å². The van der Waals surface area contributed by atoms with Crippen molar-refractivity contribution in [3.8, 4) is 0 Å². The molecule has 1 N–H and O–H groups in total. The highest BCUT2D eigenvalue weighted by atomic mass is 19.1. The van der Waals surface area contributed by atoms with Crippen molar-refractivity contribution < 1.29 is 18.7 Å². The molecule has 0 aromatic heterocycles. The lowest BCUT2D eigenvalue weighted by Gasteiger charge is -2.25. The summed E-state index contributed by atoms with van der Waals surface area (Å²) in [6.45, 7) is 2.40. The van der Waals surface area contributed by atoms with Crippen molar-refractivity contribution in [3.05, 3.63) is 35.1 Å². The number of hydrogen-bond acceptors (Lipinski definition) is 1. The van der Waals surface area contributed by atoms with Crippen LogP contribution in [0.1, 0.15) is 31.4 Å². The standard InChI is InChI=1S/C12H14F2O2/c1-12(2,6-11(15)16)9-4-3-5-10(14)8(9)7-13/h3-5H,6-7H2,1-2H3,(H,15,16). The molecule has 16 heavy (non-hydrogen) atoms. The van der Waals surface area contributed by atoms with Crippen molar-refractivity contribution in [1.82, 2.24) is 0 Å². The minimum atomic E-state index is -0.987. The first-order valence-electron chi connectivity index (χ1n) is 4.94. The van der Waals surface area contributed by atoms with E-state index in [4.69, 9.17) is 5.11 Å². The Labute approximate surface area is 92.9 Å². The minimum absolute atomic E-state index is 0.0475. The fourth-order valence-electron chi connectivity index (χ4n) is 1.80. The summed E-state index contributed by atoms with van der Waals surface area (Å²) in [5.41, 5.74) is -0.416. The molecule has 1 aromatic rings. The molecule has 0 aliphatic rings. The van der Waals surface area contributed by atoms with Gasteiger partial charge in [0.2, 0.25) is 0 Å². The lowest BCUT2D eigenvalue weighted by molar-refractivity contribution is -0.138. The van der Waals surface area contributed by atoms with Crippen LogP contribution in [0.25, 0.3) is 0 Å². The number of rotatable bonds is 4. The SMILES string of the molecule is CC(C)(CC(=O)O)c1cccc(F)c1CF. The highest BCUT2D eigenvalue weighted by Crippen LogP contribution is 2.31. The van der Waals surface area contributed by atoms with E-state index in [0.29, 0.717) is 5.56 Å². The molecular formula is C12H14F2O2. The van der Waals surface area contributed by atoms with Gasteiger partial charge in [0.25, 0.3) is 0 Å². The molecule has 0 amide bonds. The molecule has 0 atom stereocenters. The van der Waals surface area contributed by atoms with E-state index in [0.717, 1.165) is 0 Å². The summed E-state index contributed by atoms with van der Waals surface area (Å²) >= 11 is 0. The van der Waals surface area contributed by atoms with E-state index < -0.39 is 23.9 Å². The van der Waals surface area contributed by atoms with Crippen LogP contribution in [-0.2, 0) is 16.9 Å². The number of carboxylic acid groups (broad SMARTS) is 1. The summed E-state index contributed by atoms with van der Waals surface area (Å²) in [6.07, 6.45) is -0.163. The third kappa shape index (κ3) is 2.56. The second-order valence-corrected chi connectivity index (χ2v) is 4.35. The quantitative estimate of drug-likeness (QED) is 0.859. The summed E-state index contributed by atoms with van der Waals surface area (Å²) in [4.78, 5) is 10.7. The number of alkyl halides is 1. The molecule has 0 unspecified atom stereocenters. The Morgan fingerprint density at radius 1 is 1.44 bits per heavy atom. The van der Waals surface area contributed by atoms with Gasteiger partial charge in [-0.15, -0.1) is 0 Å². The molecule has 0 heterocycles. The van der Waals surface area contributed by atoms with Gasteiger partial charge in [-0.2, -0.15) is 0 Å². The third-order valence-electron chi connectivity index (χ3n) is 2.57. The van der Waals surface area contributed by atoms with Crippen molar-refractivity contribution in [2.45, 2.75) is 32.4 Å². The van der Waals surface area contributed by atoms with Crippen LogP contribution in [0.4, 0.5) is 8.78 Å². The van der Waals surface area contributed by atoms with Crippen LogP contribution in [0.15, 0.2) is 18.2 Å². The summed E-state index contributed by atoms with van der Waals surface area (Å²) in [5, 5.41) is 8.76. The Kier molecular flexibility index (Phi) is 3.62. The van der Waals surface area contributed by atoms with Gasteiger partial charge in [0.15, 0.2) is 0 Å². The minimum Gasteiger partial charge on any atom is -0.481 e. The highest BCUT2D eigenvalue weighted by Gasteiger charge is 2.27. The normalized spacial score (nSPS) is 11.5. The number of benzene rings is 1. The highest BCUT2D eigenvalue weighted by molar-refractivity contribution is 5.69. The molecule has 0 aliphatic carbocycles.